The fourth-order valence-corrected chi connectivity index (χ4v) is 5.19. The van der Waals surface area contributed by atoms with Gasteiger partial charge in [-0.05, 0) is 24.3 Å². The summed E-state index contributed by atoms with van der Waals surface area (Å²) in [4.78, 5) is 1.33. The summed E-state index contributed by atoms with van der Waals surface area (Å²) in [5, 5.41) is 5.14. The van der Waals surface area contributed by atoms with Gasteiger partial charge < -0.3 is 10.1 Å². The van der Waals surface area contributed by atoms with Crippen LogP contribution in [-0.4, -0.2) is 45.1 Å². The number of ether oxygens (including phenoxy) is 1. The molecule has 1 aromatic heterocycles. The first kappa shape index (κ1) is 16.9. The molecule has 0 atom stereocenters. The van der Waals surface area contributed by atoms with Crippen molar-refractivity contribution >= 4 is 21.4 Å². The number of nitrogens with zero attached hydrogens (tertiary/aromatic N) is 1. The van der Waals surface area contributed by atoms with E-state index in [0.717, 1.165) is 17.7 Å². The molecule has 0 aromatic carbocycles. The molecule has 0 unspecified atom stereocenters. The highest BCUT2D eigenvalue weighted by Gasteiger charge is 2.38. The SMILES string of the molecule is COCCN(C1CC1)S(=O)(=O)c1ccsc1CNC(C)C. The average Bonchev–Trinajstić information content (AvgIpc) is 3.13. The quantitative estimate of drug-likeness (QED) is 0.752. The van der Waals surface area contributed by atoms with Gasteiger partial charge in [-0.1, -0.05) is 13.8 Å². The molecule has 1 aliphatic rings. The summed E-state index contributed by atoms with van der Waals surface area (Å²) in [6.07, 6.45) is 1.90. The van der Waals surface area contributed by atoms with Crippen LogP contribution in [-0.2, 0) is 21.3 Å². The molecule has 21 heavy (non-hydrogen) atoms. The van der Waals surface area contributed by atoms with Crippen molar-refractivity contribution in [2.45, 2.75) is 50.2 Å². The normalized spacial score (nSPS) is 16.0. The van der Waals surface area contributed by atoms with Crippen LogP contribution in [0.1, 0.15) is 31.6 Å². The van der Waals surface area contributed by atoms with Crippen molar-refractivity contribution in [1.29, 1.82) is 0 Å². The lowest BCUT2D eigenvalue weighted by Crippen LogP contribution is -2.36. The van der Waals surface area contributed by atoms with Gasteiger partial charge in [0.15, 0.2) is 0 Å². The molecule has 1 aliphatic carbocycles. The van der Waals surface area contributed by atoms with Crippen molar-refractivity contribution in [2.75, 3.05) is 20.3 Å². The fraction of sp³-hybridized carbons (Fsp3) is 0.714. The Hall–Kier alpha value is -0.470. The highest BCUT2D eigenvalue weighted by molar-refractivity contribution is 7.89. The number of hydrogen-bond acceptors (Lipinski definition) is 5. The second-order valence-electron chi connectivity index (χ2n) is 5.58. The van der Waals surface area contributed by atoms with Gasteiger partial charge in [0.1, 0.15) is 0 Å². The van der Waals surface area contributed by atoms with E-state index in [4.69, 9.17) is 4.74 Å². The Bertz CT molecular complexity index is 550. The standard InChI is InChI=1S/C14H24N2O3S2/c1-11(2)15-10-13-14(6-9-20-13)21(17,18)16(7-8-19-3)12-4-5-12/h6,9,11-12,15H,4-5,7-8,10H2,1-3H3. The zero-order chi connectivity index (χ0) is 15.5. The van der Waals surface area contributed by atoms with Gasteiger partial charge in [0.25, 0.3) is 0 Å². The van der Waals surface area contributed by atoms with Gasteiger partial charge in [-0.3, -0.25) is 0 Å². The lowest BCUT2D eigenvalue weighted by atomic mass is 10.4. The first-order valence-corrected chi connectivity index (χ1v) is 9.59. The summed E-state index contributed by atoms with van der Waals surface area (Å²) >= 11 is 1.49. The van der Waals surface area contributed by atoms with Crippen molar-refractivity contribution in [3.05, 3.63) is 16.3 Å². The highest BCUT2D eigenvalue weighted by Crippen LogP contribution is 2.34. The molecule has 0 amide bonds. The van der Waals surface area contributed by atoms with Crippen molar-refractivity contribution < 1.29 is 13.2 Å². The Balaban J connectivity index is 2.19. The van der Waals surface area contributed by atoms with Gasteiger partial charge in [0.05, 0.1) is 11.5 Å². The molecule has 1 aromatic rings. The van der Waals surface area contributed by atoms with E-state index in [0.29, 0.717) is 30.6 Å². The molecule has 1 heterocycles. The van der Waals surface area contributed by atoms with Crippen LogP contribution < -0.4 is 5.32 Å². The third kappa shape index (κ3) is 4.26. The van der Waals surface area contributed by atoms with Gasteiger partial charge in [0, 0.05) is 37.2 Å². The van der Waals surface area contributed by atoms with Crippen molar-refractivity contribution in [2.24, 2.45) is 0 Å². The average molecular weight is 332 g/mol. The summed E-state index contributed by atoms with van der Waals surface area (Å²) in [6.45, 7) is 5.55. The molecule has 0 aliphatic heterocycles. The van der Waals surface area contributed by atoms with Crippen LogP contribution in [0.15, 0.2) is 16.3 Å². The van der Waals surface area contributed by atoms with E-state index in [2.05, 4.69) is 19.2 Å². The second-order valence-corrected chi connectivity index (χ2v) is 8.44. The van der Waals surface area contributed by atoms with Crippen LogP contribution in [0.25, 0.3) is 0 Å². The molecule has 1 N–H and O–H groups in total. The summed E-state index contributed by atoms with van der Waals surface area (Å²) in [5.74, 6) is 0. The molecule has 0 spiro atoms. The smallest absolute Gasteiger partial charge is 0.244 e. The lowest BCUT2D eigenvalue weighted by molar-refractivity contribution is 0.177. The molecule has 7 heteroatoms. The van der Waals surface area contributed by atoms with Crippen LogP contribution in [0.3, 0.4) is 0 Å². The van der Waals surface area contributed by atoms with E-state index in [1.165, 1.54) is 11.3 Å². The maximum atomic E-state index is 12.9. The first-order chi connectivity index (χ1) is 9.96. The maximum absolute atomic E-state index is 12.9. The zero-order valence-electron chi connectivity index (χ0n) is 12.8. The van der Waals surface area contributed by atoms with E-state index in [1.807, 2.05) is 5.38 Å². The first-order valence-electron chi connectivity index (χ1n) is 7.27. The zero-order valence-corrected chi connectivity index (χ0v) is 14.5. The van der Waals surface area contributed by atoms with Crippen LogP contribution in [0.4, 0.5) is 0 Å². The molecule has 0 bridgehead atoms. The lowest BCUT2D eigenvalue weighted by Gasteiger charge is -2.22. The molecule has 1 fully saturated rings. The largest absolute Gasteiger partial charge is 0.383 e. The number of methoxy groups -OCH3 is 1. The molecular formula is C14H24N2O3S2. The third-order valence-electron chi connectivity index (χ3n) is 3.43. The Kier molecular flexibility index (Phi) is 5.79. The predicted octanol–water partition coefficient (Wildman–Crippen LogP) is 2.05. The van der Waals surface area contributed by atoms with Gasteiger partial charge >= 0.3 is 0 Å². The van der Waals surface area contributed by atoms with Crippen LogP contribution in [0, 0.1) is 0 Å². The number of thiophene rings is 1. The van der Waals surface area contributed by atoms with Gasteiger partial charge in [0.2, 0.25) is 10.0 Å². The fourth-order valence-electron chi connectivity index (χ4n) is 2.15. The number of nitrogens with one attached hydrogen (secondary N) is 1. The van der Waals surface area contributed by atoms with E-state index in [9.17, 15) is 8.42 Å². The third-order valence-corrected chi connectivity index (χ3v) is 6.52. The molecule has 2 rings (SSSR count). The van der Waals surface area contributed by atoms with Crippen LogP contribution in [0.2, 0.25) is 0 Å². The van der Waals surface area contributed by atoms with E-state index in [1.54, 1.807) is 17.5 Å². The second kappa shape index (κ2) is 7.19. The monoisotopic (exact) mass is 332 g/mol. The molecule has 0 saturated heterocycles. The minimum absolute atomic E-state index is 0.149. The molecule has 1 saturated carbocycles. The minimum Gasteiger partial charge on any atom is -0.383 e. The summed E-state index contributed by atoms with van der Waals surface area (Å²) in [5.41, 5.74) is 0. The Labute approximate surface area is 131 Å². The van der Waals surface area contributed by atoms with Crippen LogP contribution >= 0.6 is 11.3 Å². The van der Waals surface area contributed by atoms with Gasteiger partial charge in [-0.25, -0.2) is 8.42 Å². The number of hydrogen-bond donors (Lipinski definition) is 1. The van der Waals surface area contributed by atoms with E-state index < -0.39 is 10.0 Å². The Morgan fingerprint density at radius 3 is 2.76 bits per heavy atom. The predicted molar refractivity (Wildman–Crippen MR) is 85.1 cm³/mol. The van der Waals surface area contributed by atoms with Crippen LogP contribution in [0.5, 0.6) is 0 Å². The Morgan fingerprint density at radius 1 is 1.48 bits per heavy atom. The number of sulfonamides is 1. The molecular weight excluding hydrogens is 308 g/mol. The van der Waals surface area contributed by atoms with Crippen molar-refractivity contribution in [3.63, 3.8) is 0 Å². The van der Waals surface area contributed by atoms with E-state index >= 15 is 0 Å². The summed E-state index contributed by atoms with van der Waals surface area (Å²) < 4.78 is 32.5. The molecule has 0 radical (unpaired) electrons. The topological polar surface area (TPSA) is 58.6 Å². The summed E-state index contributed by atoms with van der Waals surface area (Å²) in [7, 11) is -1.82. The van der Waals surface area contributed by atoms with E-state index in [-0.39, 0.29) is 6.04 Å². The maximum Gasteiger partial charge on any atom is 0.244 e. The Morgan fingerprint density at radius 2 is 2.19 bits per heavy atom. The van der Waals surface area contributed by atoms with Crippen molar-refractivity contribution in [3.8, 4) is 0 Å². The molecule has 5 nitrogen and oxygen atoms in total. The van der Waals surface area contributed by atoms with Gasteiger partial charge in [-0.15, -0.1) is 11.3 Å². The highest BCUT2D eigenvalue weighted by atomic mass is 32.2. The summed E-state index contributed by atoms with van der Waals surface area (Å²) in [6, 6.07) is 2.20. The van der Waals surface area contributed by atoms with Gasteiger partial charge in [-0.2, -0.15) is 4.31 Å². The molecule has 120 valence electrons. The number of rotatable bonds is 9. The minimum atomic E-state index is -3.42. The van der Waals surface area contributed by atoms with Crippen molar-refractivity contribution in [1.82, 2.24) is 9.62 Å².